The fourth-order valence-corrected chi connectivity index (χ4v) is 0.937. The molecule has 1 nitrogen and oxygen atoms in total. The molecule has 1 N–H and O–H groups in total. The van der Waals surface area contributed by atoms with Crippen molar-refractivity contribution in [2.45, 2.75) is 13.3 Å². The maximum absolute atomic E-state index is 8.80. The van der Waals surface area contributed by atoms with E-state index < -0.39 is 6.58 Å². The van der Waals surface area contributed by atoms with Gasteiger partial charge in [0.05, 0.1) is 1.37 Å². The molecule has 0 aliphatic carbocycles. The maximum atomic E-state index is 8.80. The first-order valence-corrected chi connectivity index (χ1v) is 3.35. The summed E-state index contributed by atoms with van der Waals surface area (Å²) in [7, 11) is 0. The Bertz CT molecular complexity index is 233. The van der Waals surface area contributed by atoms with Crippen molar-refractivity contribution in [3.8, 4) is 0 Å². The fourth-order valence-electron chi connectivity index (χ4n) is 0.937. The molecule has 0 aliphatic rings. The third-order valence-corrected chi connectivity index (χ3v) is 1.57. The smallest absolute Gasteiger partial charge is 0.0567 e. The number of hydrogen-bond donors (Lipinski definition) is 1. The molecule has 0 fully saturated rings. The molecule has 0 spiro atoms. The molecular weight excluding hydrogens is 124 g/mol. The average molecular weight is 137 g/mol. The Morgan fingerprint density at radius 3 is 2.80 bits per heavy atom. The second-order valence-corrected chi connectivity index (χ2v) is 2.31. The van der Waals surface area contributed by atoms with Gasteiger partial charge in [-0.05, 0) is 24.5 Å². The lowest BCUT2D eigenvalue weighted by Crippen LogP contribution is -1.92. The molecule has 10 heavy (non-hydrogen) atoms. The van der Waals surface area contributed by atoms with Crippen LogP contribution in [0.5, 0.6) is 0 Å². The zero-order chi connectivity index (χ0) is 8.27. The van der Waals surface area contributed by atoms with E-state index in [1.165, 1.54) is 0 Å². The summed E-state index contributed by atoms with van der Waals surface area (Å²) >= 11 is 0. The van der Waals surface area contributed by atoms with Crippen molar-refractivity contribution in [1.29, 1.82) is 0 Å². The zero-order valence-electron chi connectivity index (χ0n) is 7.04. The number of aliphatic hydroxyl groups excluding tert-OH is 1. The summed E-state index contributed by atoms with van der Waals surface area (Å²) in [5.41, 5.74) is 2.19. The predicted octanol–water partition coefficient (Wildman–Crippen LogP) is 1.53. The second kappa shape index (κ2) is 3.37. The van der Waals surface area contributed by atoms with Gasteiger partial charge in [0.2, 0.25) is 0 Å². The standard InChI is InChI=1S/C9H12O/c1-8-4-2-3-5-9(8)6-7-10/h2-5,10H,6-7H2,1H3/i7D/t7-/m0/s1. The molecule has 1 heteroatoms. The SMILES string of the molecule is [2H][C@H](O)Cc1ccccc1C. The van der Waals surface area contributed by atoms with Gasteiger partial charge in [0.15, 0.2) is 0 Å². The first kappa shape index (κ1) is 5.93. The summed E-state index contributed by atoms with van der Waals surface area (Å²) in [5, 5.41) is 8.80. The Labute approximate surface area is 62.7 Å². The number of hydrogen-bond acceptors (Lipinski definition) is 1. The van der Waals surface area contributed by atoms with Crippen molar-refractivity contribution < 1.29 is 6.48 Å². The molecule has 0 heterocycles. The van der Waals surface area contributed by atoms with Crippen molar-refractivity contribution >= 4 is 0 Å². The van der Waals surface area contributed by atoms with Gasteiger partial charge in [-0.2, -0.15) is 0 Å². The van der Waals surface area contributed by atoms with E-state index in [1.807, 2.05) is 31.2 Å². The van der Waals surface area contributed by atoms with Crippen molar-refractivity contribution in [3.05, 3.63) is 35.4 Å². The summed E-state index contributed by atoms with van der Waals surface area (Å²) in [6.45, 7) is 0.994. The molecule has 0 aliphatic heterocycles. The summed E-state index contributed by atoms with van der Waals surface area (Å²) in [6, 6.07) is 7.80. The largest absolute Gasteiger partial charge is 0.396 e. The summed E-state index contributed by atoms with van der Waals surface area (Å²) in [4.78, 5) is 0. The monoisotopic (exact) mass is 137 g/mol. The van der Waals surface area contributed by atoms with Crippen LogP contribution in [0.3, 0.4) is 0 Å². The Balaban J connectivity index is 2.78. The minimum Gasteiger partial charge on any atom is -0.396 e. The normalized spacial score (nSPS) is 14.4. The lowest BCUT2D eigenvalue weighted by molar-refractivity contribution is 0.299. The summed E-state index contributed by atoms with van der Waals surface area (Å²) in [6.07, 6.45) is 0.423. The van der Waals surface area contributed by atoms with Gasteiger partial charge in [0, 0.05) is 6.58 Å². The molecular formula is C9H12O. The third-order valence-electron chi connectivity index (χ3n) is 1.57. The van der Waals surface area contributed by atoms with Gasteiger partial charge in [-0.15, -0.1) is 0 Å². The third kappa shape index (κ3) is 1.58. The lowest BCUT2D eigenvalue weighted by Gasteiger charge is -2.00. The van der Waals surface area contributed by atoms with Crippen LogP contribution >= 0.6 is 0 Å². The molecule has 0 bridgehead atoms. The predicted molar refractivity (Wildman–Crippen MR) is 42.0 cm³/mol. The first-order chi connectivity index (χ1) is 5.20. The molecule has 0 amide bonds. The van der Waals surface area contributed by atoms with Gasteiger partial charge in [-0.1, -0.05) is 24.3 Å². The van der Waals surface area contributed by atoms with E-state index in [9.17, 15) is 0 Å². The summed E-state index contributed by atoms with van der Waals surface area (Å²) < 4.78 is 6.97. The van der Waals surface area contributed by atoms with Gasteiger partial charge in [0.1, 0.15) is 0 Å². The minimum absolute atomic E-state index is 0.423. The van der Waals surface area contributed by atoms with Crippen LogP contribution in [0.4, 0.5) is 0 Å². The van der Waals surface area contributed by atoms with Crippen LogP contribution in [0.2, 0.25) is 0 Å². The van der Waals surface area contributed by atoms with E-state index >= 15 is 0 Å². The highest BCUT2D eigenvalue weighted by Gasteiger charge is 1.93. The Morgan fingerprint density at radius 2 is 2.20 bits per heavy atom. The van der Waals surface area contributed by atoms with Gasteiger partial charge in [-0.25, -0.2) is 0 Å². The van der Waals surface area contributed by atoms with Crippen LogP contribution in [0.1, 0.15) is 12.5 Å². The van der Waals surface area contributed by atoms with E-state index in [1.54, 1.807) is 0 Å². The first-order valence-electron chi connectivity index (χ1n) is 3.92. The highest BCUT2D eigenvalue weighted by Crippen LogP contribution is 2.06. The molecule has 0 saturated heterocycles. The van der Waals surface area contributed by atoms with Crippen LogP contribution in [0.15, 0.2) is 24.3 Å². The topological polar surface area (TPSA) is 20.2 Å². The minimum atomic E-state index is -0.990. The quantitative estimate of drug-likeness (QED) is 0.655. The molecule has 54 valence electrons. The molecule has 1 aromatic carbocycles. The maximum Gasteiger partial charge on any atom is 0.0567 e. The van der Waals surface area contributed by atoms with Crippen LogP contribution in [0, 0.1) is 6.92 Å². The van der Waals surface area contributed by atoms with E-state index in [-0.39, 0.29) is 0 Å². The van der Waals surface area contributed by atoms with Crippen molar-refractivity contribution in [3.63, 3.8) is 0 Å². The van der Waals surface area contributed by atoms with Crippen molar-refractivity contribution in [2.24, 2.45) is 0 Å². The van der Waals surface area contributed by atoms with Crippen LogP contribution < -0.4 is 0 Å². The number of aryl methyl sites for hydroxylation is 2. The molecule has 1 aromatic rings. The van der Waals surface area contributed by atoms with E-state index in [0.717, 1.165) is 11.1 Å². The zero-order valence-corrected chi connectivity index (χ0v) is 6.04. The second-order valence-electron chi connectivity index (χ2n) is 2.31. The molecule has 1 rings (SSSR count). The number of benzene rings is 1. The molecule has 0 unspecified atom stereocenters. The summed E-state index contributed by atoms with van der Waals surface area (Å²) in [5.74, 6) is 0. The molecule has 0 saturated carbocycles. The van der Waals surface area contributed by atoms with E-state index in [4.69, 9.17) is 6.48 Å². The van der Waals surface area contributed by atoms with Crippen molar-refractivity contribution in [1.82, 2.24) is 0 Å². The highest BCUT2D eigenvalue weighted by molar-refractivity contribution is 5.25. The Morgan fingerprint density at radius 1 is 1.50 bits per heavy atom. The van der Waals surface area contributed by atoms with Gasteiger partial charge in [-0.3, -0.25) is 0 Å². The van der Waals surface area contributed by atoms with Crippen LogP contribution in [-0.4, -0.2) is 11.7 Å². The van der Waals surface area contributed by atoms with Crippen molar-refractivity contribution in [2.75, 3.05) is 6.58 Å². The van der Waals surface area contributed by atoms with Crippen LogP contribution in [-0.2, 0) is 6.42 Å². The fraction of sp³-hybridized carbons (Fsp3) is 0.333. The van der Waals surface area contributed by atoms with Gasteiger partial charge in [0.25, 0.3) is 0 Å². The van der Waals surface area contributed by atoms with E-state index in [0.29, 0.717) is 6.42 Å². The van der Waals surface area contributed by atoms with E-state index in [2.05, 4.69) is 0 Å². The lowest BCUT2D eigenvalue weighted by atomic mass is 10.1. The average Bonchev–Trinajstić information content (AvgIpc) is 1.93. The number of aliphatic hydroxyl groups is 1. The van der Waals surface area contributed by atoms with Crippen LogP contribution in [0.25, 0.3) is 0 Å². The molecule has 0 radical (unpaired) electrons. The Kier molecular flexibility index (Phi) is 2.00. The van der Waals surface area contributed by atoms with Gasteiger partial charge < -0.3 is 5.11 Å². The number of rotatable bonds is 2. The Hall–Kier alpha value is -0.820. The highest BCUT2D eigenvalue weighted by atomic mass is 16.2. The molecule has 1 atom stereocenters. The van der Waals surface area contributed by atoms with Gasteiger partial charge >= 0.3 is 0 Å². The molecule has 0 aromatic heterocycles.